The Hall–Kier alpha value is -2.92. The van der Waals surface area contributed by atoms with E-state index in [2.05, 4.69) is 25.8 Å². The molecule has 0 aliphatic rings. The van der Waals surface area contributed by atoms with Crippen LogP contribution >= 0.6 is 0 Å². The summed E-state index contributed by atoms with van der Waals surface area (Å²) >= 11 is 0. The van der Waals surface area contributed by atoms with Crippen molar-refractivity contribution in [1.82, 2.24) is 9.88 Å². The molecule has 0 aliphatic heterocycles. The Morgan fingerprint density at radius 2 is 1.80 bits per heavy atom. The van der Waals surface area contributed by atoms with Crippen molar-refractivity contribution in [1.29, 1.82) is 0 Å². The standard InChI is InChI=1S/C25H30N2O3/c1-17-7-5-8-19-15-20(23(29)26-22(17)19)16-27(13-6-14-28)24(30)18-9-11-21(12-10-18)25(2,3)4/h5,7-12,15,28H,6,13-14,16H2,1-4H3,(H,26,29). The van der Waals surface area contributed by atoms with Gasteiger partial charge in [-0.1, -0.05) is 51.1 Å². The topological polar surface area (TPSA) is 73.4 Å². The summed E-state index contributed by atoms with van der Waals surface area (Å²) in [6.45, 7) is 8.90. The normalized spacial score (nSPS) is 11.6. The number of aliphatic hydroxyl groups is 1. The maximum absolute atomic E-state index is 13.2. The summed E-state index contributed by atoms with van der Waals surface area (Å²) in [6, 6.07) is 15.3. The summed E-state index contributed by atoms with van der Waals surface area (Å²) in [4.78, 5) is 30.4. The van der Waals surface area contributed by atoms with E-state index in [4.69, 9.17) is 0 Å². The molecule has 3 rings (SSSR count). The maximum Gasteiger partial charge on any atom is 0.254 e. The fourth-order valence-electron chi connectivity index (χ4n) is 3.56. The van der Waals surface area contributed by atoms with Crippen LogP contribution in [0.4, 0.5) is 0 Å². The molecule has 1 amide bonds. The van der Waals surface area contributed by atoms with Crippen molar-refractivity contribution in [3.05, 3.63) is 81.1 Å². The molecule has 5 nitrogen and oxygen atoms in total. The Balaban J connectivity index is 1.91. The molecule has 0 unspecified atom stereocenters. The van der Waals surface area contributed by atoms with Crippen LogP contribution in [0.2, 0.25) is 0 Å². The monoisotopic (exact) mass is 406 g/mol. The lowest BCUT2D eigenvalue weighted by atomic mass is 9.86. The van der Waals surface area contributed by atoms with E-state index in [-0.39, 0.29) is 30.0 Å². The van der Waals surface area contributed by atoms with Gasteiger partial charge in [-0.3, -0.25) is 9.59 Å². The van der Waals surface area contributed by atoms with Gasteiger partial charge in [-0.15, -0.1) is 0 Å². The predicted molar refractivity (Wildman–Crippen MR) is 121 cm³/mol. The zero-order valence-corrected chi connectivity index (χ0v) is 18.2. The molecule has 5 heteroatoms. The largest absolute Gasteiger partial charge is 0.396 e. The summed E-state index contributed by atoms with van der Waals surface area (Å²) in [5.41, 5.74) is 3.90. The van der Waals surface area contributed by atoms with Crippen LogP contribution in [0, 0.1) is 6.92 Å². The van der Waals surface area contributed by atoms with E-state index in [9.17, 15) is 14.7 Å². The highest BCUT2D eigenvalue weighted by Gasteiger charge is 2.19. The summed E-state index contributed by atoms with van der Waals surface area (Å²) in [5.74, 6) is -0.146. The number of para-hydroxylation sites is 1. The van der Waals surface area contributed by atoms with Gasteiger partial charge < -0.3 is 15.0 Å². The highest BCUT2D eigenvalue weighted by atomic mass is 16.3. The molecule has 0 radical (unpaired) electrons. The van der Waals surface area contributed by atoms with Crippen molar-refractivity contribution >= 4 is 16.8 Å². The molecule has 0 bridgehead atoms. The van der Waals surface area contributed by atoms with Gasteiger partial charge in [-0.2, -0.15) is 0 Å². The first-order chi connectivity index (χ1) is 14.2. The molecule has 0 spiro atoms. The number of hydrogen-bond donors (Lipinski definition) is 2. The van der Waals surface area contributed by atoms with Gasteiger partial charge in [0.1, 0.15) is 0 Å². The Kier molecular flexibility index (Phi) is 6.42. The molecule has 0 aliphatic carbocycles. The van der Waals surface area contributed by atoms with Gasteiger partial charge in [-0.25, -0.2) is 0 Å². The van der Waals surface area contributed by atoms with E-state index in [0.717, 1.165) is 22.0 Å². The third-order valence-corrected chi connectivity index (χ3v) is 5.40. The van der Waals surface area contributed by atoms with Crippen molar-refractivity contribution in [2.24, 2.45) is 0 Å². The molecule has 3 aromatic rings. The third-order valence-electron chi connectivity index (χ3n) is 5.40. The first-order valence-corrected chi connectivity index (χ1v) is 10.3. The summed E-state index contributed by atoms with van der Waals surface area (Å²) < 4.78 is 0. The predicted octanol–water partition coefficient (Wildman–Crippen LogP) is 4.16. The summed E-state index contributed by atoms with van der Waals surface area (Å²) in [6.07, 6.45) is 0.455. The molecule has 0 fully saturated rings. The van der Waals surface area contributed by atoms with Crippen LogP contribution in [0.5, 0.6) is 0 Å². The van der Waals surface area contributed by atoms with Gasteiger partial charge in [0.25, 0.3) is 11.5 Å². The van der Waals surface area contributed by atoms with Crippen LogP contribution in [-0.4, -0.2) is 34.0 Å². The number of carbonyl (C=O) groups is 1. The van der Waals surface area contributed by atoms with Gasteiger partial charge in [0.2, 0.25) is 0 Å². The average molecular weight is 407 g/mol. The number of H-pyrrole nitrogens is 1. The minimum atomic E-state index is -0.193. The number of nitrogens with one attached hydrogen (secondary N) is 1. The second-order valence-corrected chi connectivity index (χ2v) is 8.79. The highest BCUT2D eigenvalue weighted by molar-refractivity contribution is 5.94. The van der Waals surface area contributed by atoms with Gasteiger partial charge in [0.15, 0.2) is 0 Å². The number of benzene rings is 2. The molecule has 2 aromatic carbocycles. The lowest BCUT2D eigenvalue weighted by molar-refractivity contribution is 0.0731. The smallest absolute Gasteiger partial charge is 0.254 e. The average Bonchev–Trinajstić information content (AvgIpc) is 2.71. The quantitative estimate of drug-likeness (QED) is 0.646. The Labute approximate surface area is 177 Å². The van der Waals surface area contributed by atoms with E-state index in [1.54, 1.807) is 4.90 Å². The first-order valence-electron chi connectivity index (χ1n) is 10.3. The van der Waals surface area contributed by atoms with Crippen molar-refractivity contribution in [2.75, 3.05) is 13.2 Å². The highest BCUT2D eigenvalue weighted by Crippen LogP contribution is 2.23. The lowest BCUT2D eigenvalue weighted by Crippen LogP contribution is -2.34. The van der Waals surface area contributed by atoms with Gasteiger partial charge >= 0.3 is 0 Å². The van der Waals surface area contributed by atoms with Crippen molar-refractivity contribution in [3.8, 4) is 0 Å². The number of carbonyl (C=O) groups excluding carboxylic acids is 1. The summed E-state index contributed by atoms with van der Waals surface area (Å²) in [5, 5.41) is 10.2. The number of aliphatic hydroxyl groups excluding tert-OH is 1. The second kappa shape index (κ2) is 8.84. The molecule has 30 heavy (non-hydrogen) atoms. The number of aryl methyl sites for hydroxylation is 1. The SMILES string of the molecule is Cc1cccc2cc(CN(CCCO)C(=O)c3ccc(C(C)(C)C)cc3)c(=O)[nH]c12. The van der Waals surface area contributed by atoms with E-state index in [1.165, 1.54) is 0 Å². The Morgan fingerprint density at radius 1 is 1.10 bits per heavy atom. The minimum Gasteiger partial charge on any atom is -0.396 e. The van der Waals surface area contributed by atoms with E-state index < -0.39 is 0 Å². The van der Waals surface area contributed by atoms with Crippen molar-refractivity contribution in [3.63, 3.8) is 0 Å². The Bertz CT molecular complexity index is 1090. The number of fused-ring (bicyclic) bond motifs is 1. The van der Waals surface area contributed by atoms with Gasteiger partial charge in [-0.05, 0) is 53.5 Å². The molecule has 0 atom stereocenters. The fourth-order valence-corrected chi connectivity index (χ4v) is 3.56. The zero-order chi connectivity index (χ0) is 21.9. The van der Waals surface area contributed by atoms with Crippen LogP contribution in [0.25, 0.3) is 10.9 Å². The van der Waals surface area contributed by atoms with E-state index in [0.29, 0.717) is 24.1 Å². The number of pyridine rings is 1. The number of aromatic amines is 1. The van der Waals surface area contributed by atoms with Crippen LogP contribution < -0.4 is 5.56 Å². The van der Waals surface area contributed by atoms with Crippen LogP contribution in [-0.2, 0) is 12.0 Å². The number of hydrogen-bond acceptors (Lipinski definition) is 3. The number of amides is 1. The minimum absolute atomic E-state index is 0.00860. The Morgan fingerprint density at radius 3 is 2.43 bits per heavy atom. The number of rotatable bonds is 6. The lowest BCUT2D eigenvalue weighted by Gasteiger charge is -2.24. The molecule has 1 heterocycles. The van der Waals surface area contributed by atoms with Gasteiger partial charge in [0.05, 0.1) is 12.1 Å². The first kappa shape index (κ1) is 21.8. The van der Waals surface area contributed by atoms with Crippen molar-refractivity contribution in [2.45, 2.75) is 46.1 Å². The molecule has 158 valence electrons. The van der Waals surface area contributed by atoms with Crippen LogP contribution in [0.15, 0.2) is 53.3 Å². The molecular weight excluding hydrogens is 376 g/mol. The van der Waals surface area contributed by atoms with Crippen LogP contribution in [0.3, 0.4) is 0 Å². The molecule has 1 aromatic heterocycles. The van der Waals surface area contributed by atoms with Crippen LogP contribution in [0.1, 0.15) is 54.2 Å². The fraction of sp³-hybridized carbons (Fsp3) is 0.360. The second-order valence-electron chi connectivity index (χ2n) is 8.79. The summed E-state index contributed by atoms with van der Waals surface area (Å²) in [7, 11) is 0. The van der Waals surface area contributed by atoms with Gasteiger partial charge in [0, 0.05) is 24.3 Å². The molecule has 0 saturated heterocycles. The number of aromatic nitrogens is 1. The number of nitrogens with zero attached hydrogens (tertiary/aromatic N) is 1. The zero-order valence-electron chi connectivity index (χ0n) is 18.2. The van der Waals surface area contributed by atoms with E-state index >= 15 is 0 Å². The molecular formula is C25H30N2O3. The van der Waals surface area contributed by atoms with E-state index in [1.807, 2.05) is 55.5 Å². The maximum atomic E-state index is 13.2. The molecule has 0 saturated carbocycles. The third kappa shape index (κ3) is 4.79. The molecule has 2 N–H and O–H groups in total. The van der Waals surface area contributed by atoms with Crippen molar-refractivity contribution < 1.29 is 9.90 Å².